The van der Waals surface area contributed by atoms with Crippen molar-refractivity contribution in [2.45, 2.75) is 44.6 Å². The van der Waals surface area contributed by atoms with Gasteiger partial charge in [0.15, 0.2) is 0 Å². The molecule has 1 amide bonds. The maximum absolute atomic E-state index is 12.5. The fourth-order valence-corrected chi connectivity index (χ4v) is 4.40. The number of likely N-dealkylation sites (tertiary alicyclic amines) is 1. The van der Waals surface area contributed by atoms with E-state index in [1.165, 1.54) is 12.8 Å². The summed E-state index contributed by atoms with van der Waals surface area (Å²) in [6, 6.07) is 4.36. The van der Waals surface area contributed by atoms with Crippen molar-refractivity contribution in [2.75, 3.05) is 38.3 Å². The van der Waals surface area contributed by atoms with Crippen molar-refractivity contribution in [3.05, 3.63) is 24.0 Å². The van der Waals surface area contributed by atoms with Crippen LogP contribution in [0.15, 0.2) is 18.5 Å². The largest absolute Gasteiger partial charge is 0.375 e. The van der Waals surface area contributed by atoms with E-state index in [4.69, 9.17) is 4.74 Å². The molecule has 2 aliphatic heterocycles. The van der Waals surface area contributed by atoms with Crippen molar-refractivity contribution < 1.29 is 9.53 Å². The average Bonchev–Trinajstić information content (AvgIpc) is 2.94. The summed E-state index contributed by atoms with van der Waals surface area (Å²) in [5, 5.41) is 9.32. The molecule has 26 heavy (non-hydrogen) atoms. The lowest BCUT2D eigenvalue weighted by Crippen LogP contribution is -2.49. The number of rotatable bonds is 4. The average molecular weight is 356 g/mol. The van der Waals surface area contributed by atoms with Crippen molar-refractivity contribution in [3.8, 4) is 6.07 Å². The number of carbonyl (C=O) groups excluding carboxylic acids is 1. The van der Waals surface area contributed by atoms with Gasteiger partial charge >= 0.3 is 0 Å². The molecule has 3 heterocycles. The Kier molecular flexibility index (Phi) is 6.45. The van der Waals surface area contributed by atoms with Crippen LogP contribution in [0, 0.1) is 17.2 Å². The lowest BCUT2D eigenvalue weighted by molar-refractivity contribution is -0.138. The quantitative estimate of drug-likeness (QED) is 0.829. The van der Waals surface area contributed by atoms with Gasteiger partial charge in [-0.15, -0.1) is 0 Å². The first kappa shape index (κ1) is 18.7. The van der Waals surface area contributed by atoms with Crippen LogP contribution in [0.4, 0.5) is 5.69 Å². The summed E-state index contributed by atoms with van der Waals surface area (Å²) < 4.78 is 5.10. The van der Waals surface area contributed by atoms with Gasteiger partial charge in [0.1, 0.15) is 12.7 Å². The summed E-state index contributed by atoms with van der Waals surface area (Å²) in [5.41, 5.74) is 1.62. The van der Waals surface area contributed by atoms with Gasteiger partial charge in [-0.3, -0.25) is 9.78 Å². The SMILES string of the molecule is COCC(=O)N1CCCCCC1C1CCN(c2cnccc2C#N)CC1. The van der Waals surface area contributed by atoms with Crippen LogP contribution in [0.1, 0.15) is 44.1 Å². The number of nitriles is 1. The van der Waals surface area contributed by atoms with Crippen molar-refractivity contribution in [1.82, 2.24) is 9.88 Å². The molecule has 2 aliphatic rings. The van der Waals surface area contributed by atoms with Gasteiger partial charge in [-0.1, -0.05) is 12.8 Å². The van der Waals surface area contributed by atoms with Gasteiger partial charge in [-0.05, 0) is 37.7 Å². The number of anilines is 1. The van der Waals surface area contributed by atoms with E-state index in [-0.39, 0.29) is 12.5 Å². The highest BCUT2D eigenvalue weighted by Gasteiger charge is 2.34. The molecule has 1 atom stereocenters. The second kappa shape index (κ2) is 9.00. The summed E-state index contributed by atoms with van der Waals surface area (Å²) in [6.45, 7) is 2.85. The predicted octanol–water partition coefficient (Wildman–Crippen LogP) is 2.59. The summed E-state index contributed by atoms with van der Waals surface area (Å²) in [7, 11) is 1.59. The molecule has 3 rings (SSSR count). The van der Waals surface area contributed by atoms with Gasteiger partial charge in [0.05, 0.1) is 17.4 Å². The topological polar surface area (TPSA) is 69.5 Å². The second-order valence-corrected chi connectivity index (χ2v) is 7.27. The first-order valence-electron chi connectivity index (χ1n) is 9.62. The minimum absolute atomic E-state index is 0.126. The highest BCUT2D eigenvalue weighted by atomic mass is 16.5. The Bertz CT molecular complexity index is 649. The van der Waals surface area contributed by atoms with E-state index in [1.807, 2.05) is 0 Å². The van der Waals surface area contributed by atoms with Gasteiger partial charge in [0, 0.05) is 39.0 Å². The molecule has 2 saturated heterocycles. The second-order valence-electron chi connectivity index (χ2n) is 7.27. The molecule has 0 spiro atoms. The highest BCUT2D eigenvalue weighted by Crippen LogP contribution is 2.32. The summed E-state index contributed by atoms with van der Waals surface area (Å²) in [6.07, 6.45) is 10.1. The van der Waals surface area contributed by atoms with E-state index >= 15 is 0 Å². The number of hydrogen-bond donors (Lipinski definition) is 0. The molecule has 2 fully saturated rings. The fraction of sp³-hybridized carbons (Fsp3) is 0.650. The van der Waals surface area contributed by atoms with Crippen LogP contribution in [0.5, 0.6) is 0 Å². The summed E-state index contributed by atoms with van der Waals surface area (Å²) in [4.78, 5) is 21.1. The third kappa shape index (κ3) is 4.16. The first-order valence-corrected chi connectivity index (χ1v) is 9.62. The van der Waals surface area contributed by atoms with Gasteiger partial charge in [-0.2, -0.15) is 5.26 Å². The molecule has 6 heteroatoms. The maximum atomic E-state index is 12.5. The number of nitrogens with zero attached hydrogens (tertiary/aromatic N) is 4. The Balaban J connectivity index is 1.67. The van der Waals surface area contributed by atoms with Gasteiger partial charge in [-0.25, -0.2) is 0 Å². The Morgan fingerprint density at radius 2 is 2.08 bits per heavy atom. The van der Waals surface area contributed by atoms with Gasteiger partial charge in [0.25, 0.3) is 0 Å². The van der Waals surface area contributed by atoms with E-state index in [1.54, 1.807) is 25.6 Å². The molecule has 6 nitrogen and oxygen atoms in total. The van der Waals surface area contributed by atoms with Crippen LogP contribution in [-0.4, -0.2) is 55.2 Å². The number of piperidine rings is 1. The molecule has 0 saturated carbocycles. The molecule has 1 aromatic rings. The standard InChI is InChI=1S/C20H28N4O2/c1-26-15-20(25)24-10-4-2-3-5-18(24)16-7-11-23(12-8-16)19-14-22-9-6-17(19)13-21/h6,9,14,16,18H,2-5,7-8,10-12,15H2,1H3. The number of aromatic nitrogens is 1. The zero-order chi connectivity index (χ0) is 18.4. The van der Waals surface area contributed by atoms with Crippen LogP contribution in [0.3, 0.4) is 0 Å². The Morgan fingerprint density at radius 3 is 2.81 bits per heavy atom. The number of methoxy groups -OCH3 is 1. The summed E-state index contributed by atoms with van der Waals surface area (Å²) in [5.74, 6) is 0.646. The van der Waals surface area contributed by atoms with Crippen molar-refractivity contribution in [1.29, 1.82) is 5.26 Å². The first-order chi connectivity index (χ1) is 12.7. The fourth-order valence-electron chi connectivity index (χ4n) is 4.40. The van der Waals surface area contributed by atoms with Crippen LogP contribution in [0.2, 0.25) is 0 Å². The predicted molar refractivity (Wildman–Crippen MR) is 99.7 cm³/mol. The lowest BCUT2D eigenvalue weighted by atomic mass is 9.86. The van der Waals surface area contributed by atoms with Crippen LogP contribution >= 0.6 is 0 Å². The molecule has 1 unspecified atom stereocenters. The number of carbonyl (C=O) groups is 1. The lowest BCUT2D eigenvalue weighted by Gasteiger charge is -2.41. The molecule has 0 N–H and O–H groups in total. The van der Waals surface area contributed by atoms with Crippen LogP contribution < -0.4 is 4.90 Å². The molecule has 0 bridgehead atoms. The molecule has 0 aliphatic carbocycles. The monoisotopic (exact) mass is 356 g/mol. The Hall–Kier alpha value is -2.13. The minimum Gasteiger partial charge on any atom is -0.375 e. The van der Waals surface area contributed by atoms with E-state index in [9.17, 15) is 10.1 Å². The normalized spacial score (nSPS) is 21.9. The third-order valence-electron chi connectivity index (χ3n) is 5.73. The molecule has 140 valence electrons. The molecular formula is C20H28N4O2. The molecule has 0 radical (unpaired) electrons. The Labute approximate surface area is 155 Å². The number of amides is 1. The zero-order valence-electron chi connectivity index (χ0n) is 15.6. The van der Waals surface area contributed by atoms with Crippen LogP contribution in [-0.2, 0) is 9.53 Å². The Morgan fingerprint density at radius 1 is 1.27 bits per heavy atom. The third-order valence-corrected chi connectivity index (χ3v) is 5.73. The maximum Gasteiger partial charge on any atom is 0.248 e. The van der Waals surface area contributed by atoms with Crippen molar-refractivity contribution >= 4 is 11.6 Å². The molecular weight excluding hydrogens is 328 g/mol. The highest BCUT2D eigenvalue weighted by molar-refractivity contribution is 5.77. The molecule has 0 aromatic carbocycles. The van der Waals surface area contributed by atoms with Gasteiger partial charge in [0.2, 0.25) is 5.91 Å². The number of ether oxygens (including phenoxy) is 1. The molecule has 1 aromatic heterocycles. The van der Waals surface area contributed by atoms with E-state index in [2.05, 4.69) is 20.9 Å². The van der Waals surface area contributed by atoms with Crippen LogP contribution in [0.25, 0.3) is 0 Å². The van der Waals surface area contributed by atoms with Crippen molar-refractivity contribution in [2.24, 2.45) is 5.92 Å². The number of pyridine rings is 1. The van der Waals surface area contributed by atoms with E-state index in [0.29, 0.717) is 17.5 Å². The van der Waals surface area contributed by atoms with E-state index in [0.717, 1.165) is 51.0 Å². The number of hydrogen-bond acceptors (Lipinski definition) is 5. The minimum atomic E-state index is 0.126. The summed E-state index contributed by atoms with van der Waals surface area (Å²) >= 11 is 0. The van der Waals surface area contributed by atoms with Gasteiger partial charge < -0.3 is 14.5 Å². The smallest absolute Gasteiger partial charge is 0.248 e. The van der Waals surface area contributed by atoms with Crippen molar-refractivity contribution in [3.63, 3.8) is 0 Å². The zero-order valence-corrected chi connectivity index (χ0v) is 15.6. The van der Waals surface area contributed by atoms with E-state index < -0.39 is 0 Å².